The number of quaternary nitrogens is 1. The number of carbonyl (C=O) groups excluding carboxylic acids is 1. The molecule has 0 saturated heterocycles. The Morgan fingerprint density at radius 3 is 2.55 bits per heavy atom. The van der Waals surface area contributed by atoms with Gasteiger partial charge in [-0.25, -0.2) is 4.79 Å². The summed E-state index contributed by atoms with van der Waals surface area (Å²) < 4.78 is 21.8. The molecule has 33 heavy (non-hydrogen) atoms. The molecule has 1 aliphatic rings. The summed E-state index contributed by atoms with van der Waals surface area (Å²) >= 11 is 2.47. The first kappa shape index (κ1) is 28.1. The molecule has 0 amide bonds. The third-order valence-electron chi connectivity index (χ3n) is 6.31. The molecule has 0 aromatic carbocycles. The van der Waals surface area contributed by atoms with Gasteiger partial charge >= 0.3 is 5.30 Å². The van der Waals surface area contributed by atoms with Crippen LogP contribution in [0, 0.1) is 0 Å². The van der Waals surface area contributed by atoms with Gasteiger partial charge < -0.3 is 9.47 Å². The fourth-order valence-electron chi connectivity index (χ4n) is 4.34. The van der Waals surface area contributed by atoms with Crippen LogP contribution in [0.3, 0.4) is 0 Å². The second-order valence-corrected chi connectivity index (χ2v) is 10.9. The van der Waals surface area contributed by atoms with E-state index < -0.39 is 0 Å². The highest BCUT2D eigenvalue weighted by atomic mass is 32.2. The molecule has 2 rings (SSSR count). The monoisotopic (exact) mass is 498 g/mol. The quantitative estimate of drug-likeness (QED) is 0.135. The van der Waals surface area contributed by atoms with Gasteiger partial charge in [0, 0.05) is 24.2 Å². The first-order chi connectivity index (χ1) is 16.0. The highest BCUT2D eigenvalue weighted by Crippen LogP contribution is 2.33. The van der Waals surface area contributed by atoms with E-state index in [0.717, 1.165) is 55.8 Å². The highest BCUT2D eigenvalue weighted by Gasteiger charge is 2.39. The number of unbranched alkanes of at least 4 members (excludes halogenated alkanes) is 7. The Kier molecular flexibility index (Phi) is 13.4. The first-order valence-electron chi connectivity index (χ1n) is 12.9. The number of carbonyl (C=O) groups is 1. The number of hydrogen-bond acceptors (Lipinski definition) is 7. The summed E-state index contributed by atoms with van der Waals surface area (Å²) in [6.07, 6.45) is 14.7. The second kappa shape index (κ2) is 15.7. The summed E-state index contributed by atoms with van der Waals surface area (Å²) in [5.74, 6) is 1.39. The van der Waals surface area contributed by atoms with E-state index >= 15 is 0 Å². The first-order valence-corrected chi connectivity index (χ1v) is 14.6. The third-order valence-corrected chi connectivity index (χ3v) is 7.44. The number of aromatic nitrogens is 2. The normalized spacial score (nSPS) is 19.2. The Balaban J connectivity index is 2.05. The zero-order valence-electron chi connectivity index (χ0n) is 21.1. The van der Waals surface area contributed by atoms with Gasteiger partial charge in [-0.15, -0.1) is 4.37 Å². The molecule has 0 N–H and O–H groups in total. The van der Waals surface area contributed by atoms with E-state index in [-0.39, 0.29) is 11.5 Å². The number of thioether (sulfide) groups is 1. The standard InChI is InChI=1S/C25H44N3O3S2/c1-5-8-10-12-13-17-22(31-25(29)32-7-3)28(4)18-15-16-21(20-28)23-24(27-33-26-23)30-19-14-11-9-6-2/h16,22H,5-15,17-20H2,1-4H3/q+1. The van der Waals surface area contributed by atoms with E-state index in [2.05, 4.69) is 35.7 Å². The van der Waals surface area contributed by atoms with Gasteiger partial charge in [0.05, 0.1) is 31.9 Å². The SMILES string of the molecule is CCCCCCCC(OC(=O)SCC)[N+]1(C)CCC=C(c2nsnc2OCCCCCC)C1. The topological polar surface area (TPSA) is 61.3 Å². The Hall–Kier alpha value is -1.12. The van der Waals surface area contributed by atoms with Crippen molar-refractivity contribution in [2.75, 3.05) is 32.5 Å². The minimum atomic E-state index is -0.155. The van der Waals surface area contributed by atoms with E-state index in [1.807, 2.05) is 6.92 Å². The summed E-state index contributed by atoms with van der Waals surface area (Å²) in [6, 6.07) is 0. The zero-order valence-corrected chi connectivity index (χ0v) is 22.8. The summed E-state index contributed by atoms with van der Waals surface area (Å²) in [4.78, 5) is 12.4. The maximum atomic E-state index is 12.4. The molecule has 2 unspecified atom stereocenters. The van der Waals surface area contributed by atoms with Crippen molar-refractivity contribution in [2.45, 2.75) is 97.6 Å². The molecule has 0 bridgehead atoms. The molecule has 8 heteroatoms. The van der Waals surface area contributed by atoms with Crippen LogP contribution in [-0.4, -0.2) is 57.3 Å². The van der Waals surface area contributed by atoms with Gasteiger partial charge in [0.25, 0.3) is 5.88 Å². The van der Waals surface area contributed by atoms with Gasteiger partial charge in [0.15, 0.2) is 0 Å². The van der Waals surface area contributed by atoms with Crippen molar-refractivity contribution in [2.24, 2.45) is 0 Å². The maximum absolute atomic E-state index is 12.4. The van der Waals surface area contributed by atoms with Crippen LogP contribution in [0.2, 0.25) is 0 Å². The molecular formula is C25H44N3O3S2+. The molecule has 0 radical (unpaired) electrons. The van der Waals surface area contributed by atoms with Gasteiger partial charge in [0.2, 0.25) is 6.23 Å². The molecular weight excluding hydrogens is 454 g/mol. The van der Waals surface area contributed by atoms with Crippen LogP contribution in [0.1, 0.15) is 97.1 Å². The van der Waals surface area contributed by atoms with E-state index in [1.54, 1.807) is 0 Å². The minimum absolute atomic E-state index is 0.133. The molecule has 1 aromatic rings. The summed E-state index contributed by atoms with van der Waals surface area (Å²) in [5.41, 5.74) is 2.03. The van der Waals surface area contributed by atoms with Gasteiger partial charge in [0.1, 0.15) is 12.2 Å². The largest absolute Gasteiger partial charge is 0.475 e. The van der Waals surface area contributed by atoms with E-state index in [1.165, 1.54) is 68.4 Å². The maximum Gasteiger partial charge on any atom is 0.371 e. The molecule has 0 aliphatic carbocycles. The van der Waals surface area contributed by atoms with E-state index in [4.69, 9.17) is 9.47 Å². The Bertz CT molecular complexity index is 726. The molecule has 0 saturated carbocycles. The molecule has 0 fully saturated rings. The number of hydrogen-bond donors (Lipinski definition) is 0. The predicted octanol–water partition coefficient (Wildman–Crippen LogP) is 7.31. The van der Waals surface area contributed by atoms with Crippen LogP contribution >= 0.6 is 23.5 Å². The average Bonchev–Trinajstić information content (AvgIpc) is 3.27. The Labute approximate surface area is 209 Å². The Morgan fingerprint density at radius 1 is 1.09 bits per heavy atom. The van der Waals surface area contributed by atoms with Crippen molar-refractivity contribution >= 4 is 34.4 Å². The summed E-state index contributed by atoms with van der Waals surface area (Å²) in [6.45, 7) is 8.85. The van der Waals surface area contributed by atoms with Crippen molar-refractivity contribution in [3.8, 4) is 5.88 Å². The lowest BCUT2D eigenvalue weighted by Gasteiger charge is -2.42. The lowest BCUT2D eigenvalue weighted by atomic mass is 10.0. The number of nitrogens with zero attached hydrogens (tertiary/aromatic N) is 3. The fraction of sp³-hybridized carbons (Fsp3) is 0.800. The van der Waals surface area contributed by atoms with Crippen molar-refractivity contribution in [3.05, 3.63) is 11.8 Å². The third kappa shape index (κ3) is 9.57. The Morgan fingerprint density at radius 2 is 1.82 bits per heavy atom. The van der Waals surface area contributed by atoms with Crippen LogP contribution in [0.15, 0.2) is 6.08 Å². The number of rotatable bonds is 16. The fourth-order valence-corrected chi connectivity index (χ4v) is 5.28. The lowest BCUT2D eigenvalue weighted by molar-refractivity contribution is -0.946. The van der Waals surface area contributed by atoms with Crippen LogP contribution < -0.4 is 4.74 Å². The molecule has 1 aliphatic heterocycles. The molecule has 2 atom stereocenters. The summed E-state index contributed by atoms with van der Waals surface area (Å²) in [5, 5.41) is -0.155. The van der Waals surface area contributed by atoms with E-state index in [9.17, 15) is 4.79 Å². The average molecular weight is 499 g/mol. The molecule has 0 spiro atoms. The molecule has 1 aromatic heterocycles. The molecule has 6 nitrogen and oxygen atoms in total. The van der Waals surface area contributed by atoms with Crippen LogP contribution in [0.25, 0.3) is 5.57 Å². The highest BCUT2D eigenvalue weighted by molar-refractivity contribution is 8.13. The minimum Gasteiger partial charge on any atom is -0.475 e. The molecule has 2 heterocycles. The van der Waals surface area contributed by atoms with E-state index in [0.29, 0.717) is 17.0 Å². The van der Waals surface area contributed by atoms with Crippen molar-refractivity contribution in [3.63, 3.8) is 0 Å². The second-order valence-electron chi connectivity index (χ2n) is 9.16. The van der Waals surface area contributed by atoms with Gasteiger partial charge in [-0.05, 0) is 24.6 Å². The summed E-state index contributed by atoms with van der Waals surface area (Å²) in [7, 11) is 2.22. The van der Waals surface area contributed by atoms with Crippen molar-refractivity contribution in [1.82, 2.24) is 8.75 Å². The van der Waals surface area contributed by atoms with Crippen molar-refractivity contribution in [1.29, 1.82) is 0 Å². The van der Waals surface area contributed by atoms with Gasteiger partial charge in [-0.2, -0.15) is 4.37 Å². The van der Waals surface area contributed by atoms with Gasteiger partial charge in [-0.3, -0.25) is 4.48 Å². The predicted molar refractivity (Wildman–Crippen MR) is 140 cm³/mol. The zero-order chi connectivity index (χ0) is 23.9. The van der Waals surface area contributed by atoms with Gasteiger partial charge in [-0.1, -0.05) is 71.8 Å². The lowest BCUT2D eigenvalue weighted by Crippen LogP contribution is -2.56. The smallest absolute Gasteiger partial charge is 0.371 e. The molecule has 188 valence electrons. The number of ether oxygens (including phenoxy) is 2. The number of likely N-dealkylation sites (N-methyl/N-ethyl adjacent to an activating group) is 1. The van der Waals surface area contributed by atoms with Crippen LogP contribution in [0.4, 0.5) is 4.79 Å². The van der Waals surface area contributed by atoms with Crippen LogP contribution in [0.5, 0.6) is 5.88 Å². The van der Waals surface area contributed by atoms with Crippen molar-refractivity contribution < 1.29 is 18.8 Å². The van der Waals surface area contributed by atoms with Crippen LogP contribution in [-0.2, 0) is 4.74 Å².